The van der Waals surface area contributed by atoms with Gasteiger partial charge >= 0.3 is 0 Å². The van der Waals surface area contributed by atoms with E-state index in [4.69, 9.17) is 4.74 Å². The van der Waals surface area contributed by atoms with Crippen LogP contribution in [0.3, 0.4) is 0 Å². The number of hydrogen-bond donors (Lipinski definition) is 0. The topological polar surface area (TPSA) is 29.5 Å². The van der Waals surface area contributed by atoms with E-state index >= 15 is 0 Å². The first-order valence-corrected chi connectivity index (χ1v) is 4.88. The Hall–Kier alpha value is -1.61. The molecule has 1 atom stereocenters. The highest BCUT2D eigenvalue weighted by atomic mass is 16.5. The number of amides is 1. The summed E-state index contributed by atoms with van der Waals surface area (Å²) in [5.74, 6) is 0.00528. The molecule has 0 unspecified atom stereocenters. The van der Waals surface area contributed by atoms with Gasteiger partial charge in [0, 0.05) is 25.3 Å². The van der Waals surface area contributed by atoms with Crippen LogP contribution in [-0.4, -0.2) is 24.5 Å². The van der Waals surface area contributed by atoms with Crippen LogP contribution < -0.4 is 0 Å². The van der Waals surface area contributed by atoms with Crippen molar-refractivity contribution in [3.05, 3.63) is 48.0 Å². The summed E-state index contributed by atoms with van der Waals surface area (Å²) < 4.78 is 5.36. The summed E-state index contributed by atoms with van der Waals surface area (Å²) in [4.78, 5) is 13.2. The van der Waals surface area contributed by atoms with E-state index in [1.54, 1.807) is 18.1 Å². The second kappa shape index (κ2) is 4.28. The van der Waals surface area contributed by atoms with Crippen molar-refractivity contribution >= 4 is 5.91 Å². The van der Waals surface area contributed by atoms with Crippen LogP contribution in [0.5, 0.6) is 0 Å². The van der Waals surface area contributed by atoms with Gasteiger partial charge in [-0.15, -0.1) is 0 Å². The van der Waals surface area contributed by atoms with Gasteiger partial charge in [-0.2, -0.15) is 0 Å². The first-order chi connectivity index (χ1) is 7.33. The van der Waals surface area contributed by atoms with Gasteiger partial charge in [0.05, 0.1) is 0 Å². The molecule has 2 rings (SSSR count). The maximum atomic E-state index is 11.5. The Labute approximate surface area is 89.0 Å². The fourth-order valence-electron chi connectivity index (χ4n) is 1.73. The van der Waals surface area contributed by atoms with Crippen LogP contribution in [0, 0.1) is 0 Å². The van der Waals surface area contributed by atoms with Gasteiger partial charge < -0.3 is 9.64 Å². The molecule has 1 amide bonds. The van der Waals surface area contributed by atoms with E-state index in [9.17, 15) is 4.79 Å². The van der Waals surface area contributed by atoms with Gasteiger partial charge in [-0.1, -0.05) is 36.4 Å². The summed E-state index contributed by atoms with van der Waals surface area (Å²) in [6.45, 7) is 0.617. The molecule has 1 aromatic carbocycles. The number of benzene rings is 1. The van der Waals surface area contributed by atoms with Crippen molar-refractivity contribution in [1.82, 2.24) is 4.90 Å². The Morgan fingerprint density at radius 2 is 2.07 bits per heavy atom. The highest BCUT2D eigenvalue weighted by Crippen LogP contribution is 2.23. The van der Waals surface area contributed by atoms with Gasteiger partial charge in [-0.05, 0) is 0 Å². The third-order valence-corrected chi connectivity index (χ3v) is 2.44. The van der Waals surface area contributed by atoms with Crippen LogP contribution in [0.2, 0.25) is 0 Å². The fraction of sp³-hybridized carbons (Fsp3) is 0.250. The van der Waals surface area contributed by atoms with Crippen LogP contribution in [0.1, 0.15) is 11.8 Å². The van der Waals surface area contributed by atoms with E-state index in [0.29, 0.717) is 6.54 Å². The molecule has 1 aliphatic heterocycles. The average Bonchev–Trinajstić information content (AvgIpc) is 2.68. The van der Waals surface area contributed by atoms with Crippen molar-refractivity contribution in [1.29, 1.82) is 0 Å². The average molecular weight is 203 g/mol. The molecular formula is C12H13NO2. The molecule has 0 saturated carbocycles. The molecule has 0 N–H and O–H groups in total. The quantitative estimate of drug-likeness (QED) is 0.748. The number of methoxy groups -OCH3 is 1. The first kappa shape index (κ1) is 9.93. The van der Waals surface area contributed by atoms with Crippen molar-refractivity contribution in [3.8, 4) is 0 Å². The summed E-state index contributed by atoms with van der Waals surface area (Å²) in [6.07, 6.45) is 3.14. The van der Waals surface area contributed by atoms with Gasteiger partial charge in [-0.3, -0.25) is 4.79 Å². The second-order valence-corrected chi connectivity index (χ2v) is 3.39. The lowest BCUT2D eigenvalue weighted by atomic mass is 10.2. The Morgan fingerprint density at radius 1 is 1.33 bits per heavy atom. The molecule has 3 heteroatoms. The summed E-state index contributed by atoms with van der Waals surface area (Å²) in [7, 11) is 1.61. The third-order valence-electron chi connectivity index (χ3n) is 2.44. The zero-order valence-corrected chi connectivity index (χ0v) is 8.59. The largest absolute Gasteiger partial charge is 0.357 e. The SMILES string of the molecule is CO[C@@H](c1ccccc1)N1CC=CC1=O. The number of carbonyl (C=O) groups is 1. The van der Waals surface area contributed by atoms with Crippen LogP contribution >= 0.6 is 0 Å². The van der Waals surface area contributed by atoms with Crippen LogP contribution in [0.15, 0.2) is 42.5 Å². The lowest BCUT2D eigenvalue weighted by Crippen LogP contribution is -2.31. The maximum Gasteiger partial charge on any atom is 0.248 e. The van der Waals surface area contributed by atoms with Crippen molar-refractivity contribution in [2.24, 2.45) is 0 Å². The summed E-state index contributed by atoms with van der Waals surface area (Å²) in [6, 6.07) is 9.74. The van der Waals surface area contributed by atoms with Gasteiger partial charge in [0.25, 0.3) is 0 Å². The normalized spacial score (nSPS) is 17.1. The number of nitrogens with zero attached hydrogens (tertiary/aromatic N) is 1. The number of hydrogen-bond acceptors (Lipinski definition) is 2. The Balaban J connectivity index is 2.21. The van der Waals surface area contributed by atoms with E-state index in [1.807, 2.05) is 36.4 Å². The molecule has 3 nitrogen and oxygen atoms in total. The smallest absolute Gasteiger partial charge is 0.248 e. The van der Waals surface area contributed by atoms with Crippen LogP contribution in [-0.2, 0) is 9.53 Å². The van der Waals surface area contributed by atoms with Crippen molar-refractivity contribution in [2.75, 3.05) is 13.7 Å². The molecule has 0 saturated heterocycles. The molecule has 0 spiro atoms. The van der Waals surface area contributed by atoms with Gasteiger partial charge in [0.15, 0.2) is 6.23 Å². The van der Waals surface area contributed by atoms with E-state index in [-0.39, 0.29) is 12.1 Å². The lowest BCUT2D eigenvalue weighted by molar-refractivity contribution is -0.136. The number of ether oxygens (including phenoxy) is 1. The van der Waals surface area contributed by atoms with Crippen molar-refractivity contribution < 1.29 is 9.53 Å². The maximum absolute atomic E-state index is 11.5. The molecule has 78 valence electrons. The van der Waals surface area contributed by atoms with Gasteiger partial charge in [0.2, 0.25) is 5.91 Å². The van der Waals surface area contributed by atoms with Gasteiger partial charge in [0.1, 0.15) is 0 Å². The summed E-state index contributed by atoms with van der Waals surface area (Å²) in [5.41, 5.74) is 0.997. The lowest BCUT2D eigenvalue weighted by Gasteiger charge is -2.26. The minimum Gasteiger partial charge on any atom is -0.357 e. The minimum atomic E-state index is -0.284. The minimum absolute atomic E-state index is 0.00528. The van der Waals surface area contributed by atoms with E-state index in [2.05, 4.69) is 0 Å². The molecule has 1 aromatic rings. The zero-order chi connectivity index (χ0) is 10.7. The Bertz CT molecular complexity index is 372. The fourth-order valence-corrected chi connectivity index (χ4v) is 1.73. The summed E-state index contributed by atoms with van der Waals surface area (Å²) in [5, 5.41) is 0. The third kappa shape index (κ3) is 1.92. The molecular weight excluding hydrogens is 190 g/mol. The predicted octanol–water partition coefficient (Wildman–Crippen LogP) is 1.73. The van der Waals surface area contributed by atoms with Crippen molar-refractivity contribution in [2.45, 2.75) is 6.23 Å². The predicted molar refractivity (Wildman–Crippen MR) is 57.0 cm³/mol. The van der Waals surface area contributed by atoms with Crippen LogP contribution in [0.25, 0.3) is 0 Å². The second-order valence-electron chi connectivity index (χ2n) is 3.39. The Morgan fingerprint density at radius 3 is 2.60 bits per heavy atom. The van der Waals surface area contributed by atoms with Gasteiger partial charge in [-0.25, -0.2) is 0 Å². The zero-order valence-electron chi connectivity index (χ0n) is 8.59. The molecule has 0 radical (unpaired) electrons. The molecule has 0 aliphatic carbocycles. The molecule has 0 fully saturated rings. The number of carbonyl (C=O) groups excluding carboxylic acids is 1. The molecule has 15 heavy (non-hydrogen) atoms. The van der Waals surface area contributed by atoms with E-state index in [0.717, 1.165) is 5.56 Å². The highest BCUT2D eigenvalue weighted by molar-refractivity contribution is 5.90. The molecule has 0 bridgehead atoms. The summed E-state index contributed by atoms with van der Waals surface area (Å²) >= 11 is 0. The van der Waals surface area contributed by atoms with E-state index < -0.39 is 0 Å². The highest BCUT2D eigenvalue weighted by Gasteiger charge is 2.25. The van der Waals surface area contributed by atoms with E-state index in [1.165, 1.54) is 0 Å². The Kier molecular flexibility index (Phi) is 2.83. The first-order valence-electron chi connectivity index (χ1n) is 4.88. The number of rotatable bonds is 3. The molecule has 1 heterocycles. The molecule has 0 aromatic heterocycles. The van der Waals surface area contributed by atoms with Crippen LogP contribution in [0.4, 0.5) is 0 Å². The monoisotopic (exact) mass is 203 g/mol. The van der Waals surface area contributed by atoms with Crippen molar-refractivity contribution in [3.63, 3.8) is 0 Å². The molecule has 1 aliphatic rings. The standard InChI is InChI=1S/C12H13NO2/c1-15-12(10-6-3-2-4-7-10)13-9-5-8-11(13)14/h2-8,12H,9H2,1H3/t12-/m0/s1.